The average Bonchev–Trinajstić information content (AvgIpc) is 4.08. The molecule has 17 heteroatoms. The summed E-state index contributed by atoms with van der Waals surface area (Å²) >= 11 is 9.64. The van der Waals surface area contributed by atoms with E-state index in [0.717, 1.165) is 87.9 Å². The number of carbonyl (C=O) groups excluding carboxylic acids is 2. The predicted molar refractivity (Wildman–Crippen MR) is 321 cm³/mol. The van der Waals surface area contributed by atoms with Gasteiger partial charge in [-0.15, -0.1) is 22.7 Å². The second-order valence-corrected chi connectivity index (χ2v) is 24.5. The molecule has 0 bridgehead atoms. The smallest absolute Gasteiger partial charge is 0.306 e. The molecule has 0 amide bonds. The van der Waals surface area contributed by atoms with Crippen molar-refractivity contribution in [2.24, 2.45) is 0 Å². The first kappa shape index (κ1) is 62.6. The molecule has 428 valence electrons. The van der Waals surface area contributed by atoms with Crippen molar-refractivity contribution in [3.05, 3.63) is 150 Å². The number of nitrogens with one attached hydrogen (secondary N) is 2. The van der Waals surface area contributed by atoms with E-state index in [0.29, 0.717) is 52.6 Å². The second-order valence-electron chi connectivity index (χ2n) is 21.4. The molecule has 0 aliphatic rings. The summed E-state index contributed by atoms with van der Waals surface area (Å²) < 4.78 is 35.7. The molecule has 4 aromatic heterocycles. The molecule has 0 radical (unpaired) electrons. The third-order valence-corrected chi connectivity index (χ3v) is 15.5. The van der Waals surface area contributed by atoms with Crippen LogP contribution in [0.15, 0.2) is 97.3 Å². The van der Waals surface area contributed by atoms with Gasteiger partial charge < -0.3 is 38.2 Å². The monoisotopic (exact) mass is 1140 g/mol. The van der Waals surface area contributed by atoms with E-state index < -0.39 is 0 Å². The molecule has 2 aromatic carbocycles. The van der Waals surface area contributed by atoms with Gasteiger partial charge in [0.25, 0.3) is 0 Å². The number of hydrogen-bond acceptors (Lipinski definition) is 16. The van der Waals surface area contributed by atoms with Gasteiger partial charge >= 0.3 is 11.9 Å². The maximum Gasteiger partial charge on any atom is 0.306 e. The molecule has 0 aliphatic carbocycles. The molecule has 0 saturated heterocycles. The highest BCUT2D eigenvalue weighted by atomic mass is 35.5. The molecule has 6 rings (SSSR count). The molecule has 0 fully saturated rings. The van der Waals surface area contributed by atoms with Crippen molar-refractivity contribution in [3.8, 4) is 11.5 Å². The van der Waals surface area contributed by atoms with Gasteiger partial charge in [0, 0.05) is 71.6 Å². The molecule has 4 heterocycles. The lowest BCUT2D eigenvalue weighted by Gasteiger charge is -2.26. The van der Waals surface area contributed by atoms with Crippen LogP contribution in [0, 0.1) is 13.8 Å². The van der Waals surface area contributed by atoms with Crippen molar-refractivity contribution < 1.29 is 38.0 Å². The lowest BCUT2D eigenvalue weighted by atomic mass is 9.82. The minimum atomic E-state index is -0.295. The molecule has 14 nitrogen and oxygen atoms in total. The van der Waals surface area contributed by atoms with Crippen LogP contribution in [-0.2, 0) is 71.7 Å². The van der Waals surface area contributed by atoms with Gasteiger partial charge in [-0.3, -0.25) is 20.2 Å². The summed E-state index contributed by atoms with van der Waals surface area (Å²) in [5, 5.41) is 6.91. The van der Waals surface area contributed by atoms with Crippen LogP contribution < -0.4 is 29.9 Å². The maximum atomic E-state index is 12.8. The number of nitrogens with zero attached hydrogens (tertiary/aromatic N) is 4. The van der Waals surface area contributed by atoms with E-state index in [2.05, 4.69) is 135 Å². The Kier molecular flexibility index (Phi) is 25.4. The number of anilines is 2. The highest BCUT2D eigenvalue weighted by Gasteiger charge is 2.24. The molecule has 0 aliphatic heterocycles. The zero-order chi connectivity index (χ0) is 56.6. The Labute approximate surface area is 482 Å². The quantitative estimate of drug-likeness (QED) is 0.0224. The first-order chi connectivity index (χ1) is 38.0. The van der Waals surface area contributed by atoms with Crippen LogP contribution in [0.2, 0.25) is 4.34 Å². The Bertz CT molecular complexity index is 2780. The van der Waals surface area contributed by atoms with Gasteiger partial charge in [0.1, 0.15) is 49.8 Å². The Morgan fingerprint density at radius 3 is 1.62 bits per heavy atom. The van der Waals surface area contributed by atoms with Crippen molar-refractivity contribution >= 4 is 57.8 Å². The molecular weight excluding hydrogens is 1060 g/mol. The Hall–Kier alpha value is -5.59. The Morgan fingerprint density at radius 2 is 1.11 bits per heavy atom. The summed E-state index contributed by atoms with van der Waals surface area (Å²) in [5.74, 6) is 2.93. The van der Waals surface area contributed by atoms with Gasteiger partial charge in [0.2, 0.25) is 0 Å². The second kappa shape index (κ2) is 32.0. The fourth-order valence-electron chi connectivity index (χ4n) is 8.91. The van der Waals surface area contributed by atoms with Crippen molar-refractivity contribution in [2.75, 3.05) is 89.1 Å². The van der Waals surface area contributed by atoms with Gasteiger partial charge in [-0.1, -0.05) is 90.4 Å². The van der Waals surface area contributed by atoms with Crippen LogP contribution in [0.1, 0.15) is 109 Å². The third-order valence-electron chi connectivity index (χ3n) is 13.1. The van der Waals surface area contributed by atoms with Crippen LogP contribution in [0.3, 0.4) is 0 Å². The van der Waals surface area contributed by atoms with E-state index >= 15 is 0 Å². The number of esters is 2. The summed E-state index contributed by atoms with van der Waals surface area (Å²) in [4.78, 5) is 43.1. The van der Waals surface area contributed by atoms with Crippen LogP contribution >= 0.6 is 34.3 Å². The molecule has 79 heavy (non-hydrogen) atoms. The summed E-state index contributed by atoms with van der Waals surface area (Å²) in [6.07, 6.45) is 6.23. The van der Waals surface area contributed by atoms with E-state index in [1.807, 2.05) is 60.0 Å². The first-order valence-corrected chi connectivity index (χ1v) is 29.5. The molecule has 0 unspecified atom stereocenters. The number of aromatic nitrogens is 2. The largest absolute Gasteiger partial charge is 0.478 e. The van der Waals surface area contributed by atoms with E-state index in [1.165, 1.54) is 20.2 Å². The molecular formula is C62H83ClN6O8S2. The highest BCUT2D eigenvalue weighted by Crippen LogP contribution is 2.36. The van der Waals surface area contributed by atoms with Crippen LogP contribution in [-0.4, -0.2) is 101 Å². The Morgan fingerprint density at radius 1 is 0.608 bits per heavy atom. The number of rotatable bonds is 34. The van der Waals surface area contributed by atoms with Crippen LogP contribution in [0.25, 0.3) is 0 Å². The number of ether oxygens (including phenoxy) is 6. The van der Waals surface area contributed by atoms with Crippen LogP contribution in [0.5, 0.6) is 11.5 Å². The lowest BCUT2D eigenvalue weighted by molar-refractivity contribution is -0.146. The van der Waals surface area contributed by atoms with Crippen molar-refractivity contribution in [3.63, 3.8) is 0 Å². The number of halogens is 1. The zero-order valence-electron chi connectivity index (χ0n) is 47.9. The number of carbonyl (C=O) groups is 2. The third kappa shape index (κ3) is 21.4. The maximum absolute atomic E-state index is 12.8. The van der Waals surface area contributed by atoms with Crippen LogP contribution in [0.4, 0.5) is 11.6 Å². The van der Waals surface area contributed by atoms with Gasteiger partial charge in [0.15, 0.2) is 0 Å². The number of pyridine rings is 2. The first-order valence-electron chi connectivity index (χ1n) is 27.5. The van der Waals surface area contributed by atoms with Gasteiger partial charge in [-0.2, -0.15) is 0 Å². The number of benzene rings is 2. The standard InChI is InChI=1S/C62H83ClN6O8S2/c1-10-49-19-20-50(78-49)41-68(56-15-11-13-25-66-56)30-28-65-44-77-60-45(2)37-47(39-53(60)62(7,8)9)17-23-58(70)74-35-33-72-31-32-73-34-36-75-59(71)24-18-48-38-52(61(4,5)6)46(3)54(40-48)76-43-64-27-29-69(57-16-12-14-26-67-57)42-51-21-22-55(63)79-51/h11-16,19-22,25-26,37-40,64-65H,10,17-18,23-24,27-36,41-44H2,1-9H3. The molecule has 6 aromatic rings. The van der Waals surface area contributed by atoms with Crippen molar-refractivity contribution in [2.45, 2.75) is 118 Å². The van der Waals surface area contributed by atoms with Gasteiger partial charge in [-0.05, 0) is 126 Å². The van der Waals surface area contributed by atoms with E-state index in [-0.39, 0.29) is 62.0 Å². The van der Waals surface area contributed by atoms with E-state index in [9.17, 15) is 9.59 Å². The van der Waals surface area contributed by atoms with Crippen molar-refractivity contribution in [1.29, 1.82) is 0 Å². The number of aryl methyl sites for hydroxylation is 4. The average molecular weight is 1140 g/mol. The van der Waals surface area contributed by atoms with Gasteiger partial charge in [-0.25, -0.2) is 9.97 Å². The fourth-order valence-corrected chi connectivity index (χ4v) is 11.0. The SMILES string of the molecule is CCc1ccc(CN(CCNCOc2c(C)cc(CCC(=O)OCCOCCOCCOC(=O)CCc3cc(OCNCCN(Cc4ccc(Cl)s4)c4ccccn4)c(C)c(C(C)(C)C)c3)cc2C(C)(C)C)c2ccccn2)s1. The Balaban J connectivity index is 0.826. The molecule has 0 spiro atoms. The number of thiophene rings is 2. The summed E-state index contributed by atoms with van der Waals surface area (Å²) in [7, 11) is 0. The fraction of sp³-hybridized carbons (Fsp3) is 0.484. The van der Waals surface area contributed by atoms with E-state index in [4.69, 9.17) is 40.0 Å². The normalized spacial score (nSPS) is 11.7. The van der Waals surface area contributed by atoms with E-state index in [1.54, 1.807) is 17.5 Å². The van der Waals surface area contributed by atoms with Crippen molar-refractivity contribution in [1.82, 2.24) is 20.6 Å². The minimum Gasteiger partial charge on any atom is -0.478 e. The lowest BCUT2D eigenvalue weighted by Crippen LogP contribution is -2.34. The minimum absolute atomic E-state index is 0.122. The molecule has 0 atom stereocenters. The highest BCUT2D eigenvalue weighted by molar-refractivity contribution is 7.16. The summed E-state index contributed by atoms with van der Waals surface area (Å²) in [6.45, 7) is 25.9. The summed E-state index contributed by atoms with van der Waals surface area (Å²) in [6, 6.07) is 28.8. The zero-order valence-corrected chi connectivity index (χ0v) is 50.3. The summed E-state index contributed by atoms with van der Waals surface area (Å²) in [5.41, 5.74) is 6.14. The molecule has 0 saturated carbocycles. The molecule has 2 N–H and O–H groups in total. The predicted octanol–water partition coefficient (Wildman–Crippen LogP) is 12.0. The topological polar surface area (TPSA) is 146 Å². The van der Waals surface area contributed by atoms with Gasteiger partial charge in [0.05, 0.1) is 43.9 Å². The number of hydrogen-bond donors (Lipinski definition) is 2.